The van der Waals surface area contributed by atoms with Crippen LogP contribution in [0.4, 0.5) is 0 Å². The van der Waals surface area contributed by atoms with E-state index in [4.69, 9.17) is 4.42 Å². The molecule has 0 N–H and O–H groups in total. The summed E-state index contributed by atoms with van der Waals surface area (Å²) >= 11 is 3.69. The molecule has 0 saturated carbocycles. The number of benzene rings is 4. The van der Waals surface area contributed by atoms with Crippen molar-refractivity contribution < 1.29 is 4.42 Å². The second-order valence-corrected chi connectivity index (χ2v) is 8.31. The van der Waals surface area contributed by atoms with Gasteiger partial charge in [0.1, 0.15) is 11.2 Å². The molecule has 3 heteroatoms. The smallest absolute Gasteiger partial charge is 0.144 e. The van der Waals surface area contributed by atoms with E-state index in [0.717, 1.165) is 48.6 Å². The van der Waals surface area contributed by atoms with Gasteiger partial charge in [0.05, 0.1) is 5.69 Å². The van der Waals surface area contributed by atoms with E-state index in [1.54, 1.807) is 0 Å². The highest BCUT2D eigenvalue weighted by Gasteiger charge is 2.16. The van der Waals surface area contributed by atoms with E-state index in [1.165, 1.54) is 10.9 Å². The first-order valence-electron chi connectivity index (χ1n) is 9.83. The van der Waals surface area contributed by atoms with Crippen LogP contribution in [0.1, 0.15) is 0 Å². The summed E-state index contributed by atoms with van der Waals surface area (Å²) in [4.78, 5) is 4.68. The zero-order valence-electron chi connectivity index (χ0n) is 16.0. The van der Waals surface area contributed by atoms with Crippen LogP contribution in [0.5, 0.6) is 0 Å². The number of aromatic nitrogens is 1. The van der Waals surface area contributed by atoms with Gasteiger partial charge in [0.25, 0.3) is 0 Å². The Kier molecular flexibility index (Phi) is 3.96. The molecule has 0 saturated heterocycles. The van der Waals surface area contributed by atoms with E-state index >= 15 is 0 Å². The van der Waals surface area contributed by atoms with Crippen molar-refractivity contribution in [1.82, 2.24) is 4.98 Å². The van der Waals surface area contributed by atoms with Gasteiger partial charge < -0.3 is 4.42 Å². The molecule has 0 aliphatic rings. The van der Waals surface area contributed by atoms with Crippen LogP contribution >= 0.6 is 15.9 Å². The minimum Gasteiger partial charge on any atom is -0.455 e. The first-order chi connectivity index (χ1) is 14.8. The first-order valence-corrected chi connectivity index (χ1v) is 10.6. The zero-order valence-corrected chi connectivity index (χ0v) is 17.6. The number of hydrogen-bond acceptors (Lipinski definition) is 2. The molecule has 0 aliphatic carbocycles. The molecule has 6 rings (SSSR count). The summed E-state index contributed by atoms with van der Waals surface area (Å²) in [5.74, 6) is 0. The van der Waals surface area contributed by atoms with Crippen molar-refractivity contribution in [2.45, 2.75) is 0 Å². The molecule has 0 spiro atoms. The van der Waals surface area contributed by atoms with Crippen molar-refractivity contribution in [3.8, 4) is 22.4 Å². The Bertz CT molecular complexity index is 1550. The van der Waals surface area contributed by atoms with Gasteiger partial charge in [-0.2, -0.15) is 0 Å². The highest BCUT2D eigenvalue weighted by atomic mass is 79.9. The lowest BCUT2D eigenvalue weighted by atomic mass is 10.0. The molecule has 6 aromatic rings. The SMILES string of the molecule is Brc1cc(-c2cc(-c3ccccc3)ccn2)c2oc3c4ccccc4ccc3c2c1. The van der Waals surface area contributed by atoms with E-state index in [2.05, 4.69) is 99.8 Å². The fourth-order valence-electron chi connectivity index (χ4n) is 4.15. The number of rotatable bonds is 2. The monoisotopic (exact) mass is 449 g/mol. The van der Waals surface area contributed by atoms with Crippen molar-refractivity contribution in [2.75, 3.05) is 0 Å². The minimum atomic E-state index is 0.863. The summed E-state index contributed by atoms with van der Waals surface area (Å²) in [6, 6.07) is 31.4. The topological polar surface area (TPSA) is 26.0 Å². The average molecular weight is 450 g/mol. The van der Waals surface area contributed by atoms with Gasteiger partial charge in [0.15, 0.2) is 0 Å². The van der Waals surface area contributed by atoms with Gasteiger partial charge in [-0.15, -0.1) is 0 Å². The molecule has 2 heterocycles. The Balaban J connectivity index is 1.65. The summed E-state index contributed by atoms with van der Waals surface area (Å²) in [6.07, 6.45) is 1.86. The van der Waals surface area contributed by atoms with E-state index < -0.39 is 0 Å². The number of hydrogen-bond donors (Lipinski definition) is 0. The van der Waals surface area contributed by atoms with Crippen LogP contribution in [0.2, 0.25) is 0 Å². The molecule has 0 amide bonds. The molecular formula is C27H16BrNO. The maximum Gasteiger partial charge on any atom is 0.144 e. The lowest BCUT2D eigenvalue weighted by molar-refractivity contribution is 0.673. The predicted octanol–water partition coefficient (Wildman–Crippen LogP) is 8.23. The minimum absolute atomic E-state index is 0.863. The molecule has 2 aromatic heterocycles. The van der Waals surface area contributed by atoms with Crippen LogP contribution in [-0.2, 0) is 0 Å². The van der Waals surface area contributed by atoms with Crippen molar-refractivity contribution in [3.63, 3.8) is 0 Å². The Labute approximate surface area is 181 Å². The van der Waals surface area contributed by atoms with Crippen molar-refractivity contribution >= 4 is 48.6 Å². The maximum absolute atomic E-state index is 6.49. The fraction of sp³-hybridized carbons (Fsp3) is 0. The molecule has 142 valence electrons. The summed E-state index contributed by atoms with van der Waals surface area (Å²) in [7, 11) is 0. The average Bonchev–Trinajstić information content (AvgIpc) is 3.18. The largest absolute Gasteiger partial charge is 0.455 e. The van der Waals surface area contributed by atoms with Gasteiger partial charge >= 0.3 is 0 Å². The molecule has 0 unspecified atom stereocenters. The van der Waals surface area contributed by atoms with Gasteiger partial charge in [0.2, 0.25) is 0 Å². The quantitative estimate of drug-likeness (QED) is 0.266. The highest BCUT2D eigenvalue weighted by Crippen LogP contribution is 2.40. The molecule has 0 atom stereocenters. The fourth-order valence-corrected chi connectivity index (χ4v) is 4.61. The number of halogens is 1. The normalized spacial score (nSPS) is 11.5. The standard InChI is InChI=1S/C27H16BrNO/c28-20-15-23-22-11-10-18-8-4-5-9-21(18)26(22)30-27(23)24(16-20)25-14-19(12-13-29-25)17-6-2-1-3-7-17/h1-16H. The lowest BCUT2D eigenvalue weighted by Crippen LogP contribution is -1.86. The number of nitrogens with zero attached hydrogens (tertiary/aromatic N) is 1. The second-order valence-electron chi connectivity index (χ2n) is 7.39. The van der Waals surface area contributed by atoms with E-state index in [-0.39, 0.29) is 0 Å². The van der Waals surface area contributed by atoms with E-state index in [9.17, 15) is 0 Å². The molecule has 0 radical (unpaired) electrons. The summed E-state index contributed by atoms with van der Waals surface area (Å²) in [5, 5.41) is 4.51. The van der Waals surface area contributed by atoms with Crippen LogP contribution < -0.4 is 0 Å². The second kappa shape index (κ2) is 6.82. The Morgan fingerprint density at radius 1 is 0.633 bits per heavy atom. The first kappa shape index (κ1) is 17.4. The van der Waals surface area contributed by atoms with Gasteiger partial charge in [0, 0.05) is 32.4 Å². The summed E-state index contributed by atoms with van der Waals surface area (Å²) in [6.45, 7) is 0. The third-order valence-electron chi connectivity index (χ3n) is 5.57. The molecular weight excluding hydrogens is 434 g/mol. The third kappa shape index (κ3) is 2.74. The Morgan fingerprint density at radius 3 is 2.37 bits per heavy atom. The molecule has 2 nitrogen and oxygen atoms in total. The van der Waals surface area contributed by atoms with Crippen molar-refractivity contribution in [3.05, 3.63) is 102 Å². The van der Waals surface area contributed by atoms with Gasteiger partial charge in [-0.3, -0.25) is 4.98 Å². The van der Waals surface area contributed by atoms with Crippen molar-refractivity contribution in [1.29, 1.82) is 0 Å². The summed E-state index contributed by atoms with van der Waals surface area (Å²) < 4.78 is 7.50. The molecule has 30 heavy (non-hydrogen) atoms. The summed E-state index contributed by atoms with van der Waals surface area (Å²) in [5.41, 5.74) is 5.96. The van der Waals surface area contributed by atoms with Crippen LogP contribution in [0.15, 0.2) is 106 Å². The van der Waals surface area contributed by atoms with Crippen LogP contribution in [0.3, 0.4) is 0 Å². The van der Waals surface area contributed by atoms with Gasteiger partial charge in [-0.1, -0.05) is 76.6 Å². The molecule has 0 bridgehead atoms. The van der Waals surface area contributed by atoms with Gasteiger partial charge in [-0.05, 0) is 46.8 Å². The third-order valence-corrected chi connectivity index (χ3v) is 6.03. The highest BCUT2D eigenvalue weighted by molar-refractivity contribution is 9.10. The molecule has 0 fully saturated rings. The molecule has 4 aromatic carbocycles. The number of pyridine rings is 1. The Morgan fingerprint density at radius 2 is 1.47 bits per heavy atom. The Hall–Kier alpha value is -3.43. The van der Waals surface area contributed by atoms with E-state index in [1.807, 2.05) is 18.3 Å². The maximum atomic E-state index is 6.49. The zero-order chi connectivity index (χ0) is 20.1. The van der Waals surface area contributed by atoms with Crippen LogP contribution in [-0.4, -0.2) is 4.98 Å². The van der Waals surface area contributed by atoms with Crippen molar-refractivity contribution in [2.24, 2.45) is 0 Å². The number of furan rings is 1. The van der Waals surface area contributed by atoms with Crippen LogP contribution in [0, 0.1) is 0 Å². The predicted molar refractivity (Wildman–Crippen MR) is 128 cm³/mol. The number of fused-ring (bicyclic) bond motifs is 5. The van der Waals surface area contributed by atoms with Gasteiger partial charge in [-0.25, -0.2) is 0 Å². The molecule has 0 aliphatic heterocycles. The lowest BCUT2D eigenvalue weighted by Gasteiger charge is -2.06. The van der Waals surface area contributed by atoms with Crippen LogP contribution in [0.25, 0.3) is 55.1 Å². The van der Waals surface area contributed by atoms with E-state index in [0.29, 0.717) is 0 Å².